The van der Waals surface area contributed by atoms with Gasteiger partial charge in [0, 0.05) is 11.3 Å². The zero-order valence-corrected chi connectivity index (χ0v) is 16.2. The molecule has 1 fully saturated rings. The highest BCUT2D eigenvalue weighted by molar-refractivity contribution is 7.92. The molecule has 5 nitrogen and oxygen atoms in total. The standard InChI is InChI=1S/C19H20ClN3O2S/c1-11-6-8-14(9-7-11)26(24,25)18-12(2)21-19(22-13-4-3-5-13)15-10-16(20)23-17(15)18/h6-10,13,18,23H,3-5H2,1-2H3. The second kappa shape index (κ2) is 6.35. The van der Waals surface area contributed by atoms with Gasteiger partial charge in [-0.1, -0.05) is 29.3 Å². The number of benzene rings is 1. The summed E-state index contributed by atoms with van der Waals surface area (Å²) in [6.45, 7) is 3.67. The van der Waals surface area contributed by atoms with E-state index in [1.165, 1.54) is 6.42 Å². The van der Waals surface area contributed by atoms with Crippen LogP contribution in [-0.2, 0) is 9.84 Å². The van der Waals surface area contributed by atoms with Crippen molar-refractivity contribution in [1.82, 2.24) is 4.98 Å². The third kappa shape index (κ3) is 2.91. The van der Waals surface area contributed by atoms with E-state index in [-0.39, 0.29) is 10.9 Å². The molecule has 1 aromatic carbocycles. The smallest absolute Gasteiger partial charge is 0.192 e. The summed E-state index contributed by atoms with van der Waals surface area (Å²) in [5.41, 5.74) is 2.76. The number of aliphatic imine (C=N–C) groups is 2. The van der Waals surface area contributed by atoms with Crippen molar-refractivity contribution >= 4 is 33.0 Å². The van der Waals surface area contributed by atoms with Gasteiger partial charge >= 0.3 is 0 Å². The average molecular weight is 390 g/mol. The second-order valence-corrected chi connectivity index (χ2v) is 9.41. The summed E-state index contributed by atoms with van der Waals surface area (Å²) in [6.07, 6.45) is 3.28. The lowest BCUT2D eigenvalue weighted by Crippen LogP contribution is -2.28. The SMILES string of the molecule is CC1=NC(=NC2CCC2)c2cc(Cl)[nH]c2C1S(=O)(=O)c1ccc(C)cc1. The first-order valence-corrected chi connectivity index (χ1v) is 10.6. The second-order valence-electron chi connectivity index (χ2n) is 6.97. The van der Waals surface area contributed by atoms with Crippen LogP contribution in [0.25, 0.3) is 0 Å². The maximum atomic E-state index is 13.3. The number of aromatic amines is 1. The number of aryl methyl sites for hydroxylation is 1. The molecule has 0 amide bonds. The molecule has 1 saturated carbocycles. The first kappa shape index (κ1) is 17.5. The fraction of sp³-hybridized carbons (Fsp3) is 0.368. The zero-order valence-electron chi connectivity index (χ0n) is 14.7. The van der Waals surface area contributed by atoms with Crippen LogP contribution in [0.1, 0.15) is 48.3 Å². The Labute approximate surface area is 158 Å². The molecule has 2 aliphatic rings. The number of sulfone groups is 1. The van der Waals surface area contributed by atoms with Gasteiger partial charge in [0.1, 0.15) is 10.4 Å². The minimum Gasteiger partial charge on any atom is -0.347 e. The van der Waals surface area contributed by atoms with Crippen molar-refractivity contribution in [2.75, 3.05) is 0 Å². The molecule has 4 rings (SSSR count). The summed E-state index contributed by atoms with van der Waals surface area (Å²) in [5, 5.41) is -0.488. The van der Waals surface area contributed by atoms with Gasteiger partial charge in [-0.15, -0.1) is 0 Å². The predicted molar refractivity (Wildman–Crippen MR) is 104 cm³/mol. The molecular weight excluding hydrogens is 370 g/mol. The molecule has 1 unspecified atom stereocenters. The molecule has 136 valence electrons. The third-order valence-corrected chi connectivity index (χ3v) is 7.35. The number of nitrogens with one attached hydrogen (secondary N) is 1. The van der Waals surface area contributed by atoms with Crippen molar-refractivity contribution in [3.63, 3.8) is 0 Å². The lowest BCUT2D eigenvalue weighted by atomic mass is 9.93. The van der Waals surface area contributed by atoms with Crippen LogP contribution < -0.4 is 0 Å². The number of nitrogens with zero attached hydrogens (tertiary/aromatic N) is 2. The van der Waals surface area contributed by atoms with Gasteiger partial charge in [0.05, 0.1) is 16.6 Å². The van der Waals surface area contributed by atoms with E-state index in [9.17, 15) is 8.42 Å². The number of amidine groups is 1. The number of hydrogen-bond donors (Lipinski definition) is 1. The quantitative estimate of drug-likeness (QED) is 0.851. The summed E-state index contributed by atoms with van der Waals surface area (Å²) < 4.78 is 26.6. The normalized spacial score (nSPS) is 22.0. The number of halogens is 1. The van der Waals surface area contributed by atoms with Gasteiger partial charge in [0.25, 0.3) is 0 Å². The Morgan fingerprint density at radius 3 is 2.50 bits per heavy atom. The van der Waals surface area contributed by atoms with Gasteiger partial charge in [-0.3, -0.25) is 4.99 Å². The first-order valence-electron chi connectivity index (χ1n) is 8.68. The highest BCUT2D eigenvalue weighted by atomic mass is 35.5. The Balaban J connectivity index is 1.83. The van der Waals surface area contributed by atoms with Crippen LogP contribution in [0.4, 0.5) is 0 Å². The van der Waals surface area contributed by atoms with E-state index in [2.05, 4.69) is 9.98 Å². The van der Waals surface area contributed by atoms with Crippen molar-refractivity contribution in [2.45, 2.75) is 49.3 Å². The van der Waals surface area contributed by atoms with E-state index < -0.39 is 15.1 Å². The van der Waals surface area contributed by atoms with Crippen LogP contribution in [-0.4, -0.2) is 31.0 Å². The lowest BCUT2D eigenvalue weighted by Gasteiger charge is -2.25. The topological polar surface area (TPSA) is 74.7 Å². The fourth-order valence-electron chi connectivity index (χ4n) is 3.35. The number of aromatic nitrogens is 1. The summed E-state index contributed by atoms with van der Waals surface area (Å²) in [4.78, 5) is 12.6. The number of fused-ring (bicyclic) bond motifs is 1. The van der Waals surface area contributed by atoms with Crippen molar-refractivity contribution in [2.24, 2.45) is 9.98 Å². The summed E-state index contributed by atoms with van der Waals surface area (Å²) in [5.74, 6) is 0.584. The molecule has 0 spiro atoms. The summed E-state index contributed by atoms with van der Waals surface area (Å²) in [7, 11) is -3.65. The van der Waals surface area contributed by atoms with Gasteiger partial charge in [-0.2, -0.15) is 0 Å². The zero-order chi connectivity index (χ0) is 18.5. The molecular formula is C19H20ClN3O2S. The van der Waals surface area contributed by atoms with E-state index in [4.69, 9.17) is 16.6 Å². The highest BCUT2D eigenvalue weighted by Crippen LogP contribution is 2.37. The fourth-order valence-corrected chi connectivity index (χ4v) is 5.35. The molecule has 2 heterocycles. The molecule has 26 heavy (non-hydrogen) atoms. The van der Waals surface area contributed by atoms with Crippen LogP contribution in [0, 0.1) is 6.92 Å². The van der Waals surface area contributed by atoms with E-state index in [0.29, 0.717) is 28.0 Å². The van der Waals surface area contributed by atoms with Crippen molar-refractivity contribution < 1.29 is 8.42 Å². The summed E-state index contributed by atoms with van der Waals surface area (Å²) in [6, 6.07) is 8.87. The van der Waals surface area contributed by atoms with Crippen molar-refractivity contribution in [3.8, 4) is 0 Å². The molecule has 7 heteroatoms. The first-order chi connectivity index (χ1) is 12.4. The molecule has 0 bridgehead atoms. The van der Waals surface area contributed by atoms with Crippen molar-refractivity contribution in [3.05, 3.63) is 52.3 Å². The minimum atomic E-state index is -3.65. The number of rotatable bonds is 3. The molecule has 1 atom stereocenters. The molecule has 1 N–H and O–H groups in total. The Hall–Kier alpha value is -1.92. The highest BCUT2D eigenvalue weighted by Gasteiger charge is 2.39. The van der Waals surface area contributed by atoms with Crippen LogP contribution >= 0.6 is 11.6 Å². The van der Waals surface area contributed by atoms with E-state index >= 15 is 0 Å². The Morgan fingerprint density at radius 2 is 1.88 bits per heavy atom. The van der Waals surface area contributed by atoms with Crippen LogP contribution in [0.2, 0.25) is 5.15 Å². The molecule has 0 saturated heterocycles. The van der Waals surface area contributed by atoms with Crippen LogP contribution in [0.3, 0.4) is 0 Å². The lowest BCUT2D eigenvalue weighted by molar-refractivity contribution is 0.420. The molecule has 0 radical (unpaired) electrons. The van der Waals surface area contributed by atoms with Gasteiger partial charge in [0.2, 0.25) is 0 Å². The molecule has 1 aliphatic carbocycles. The van der Waals surface area contributed by atoms with E-state index in [1.54, 1.807) is 37.3 Å². The van der Waals surface area contributed by atoms with Gasteiger partial charge < -0.3 is 4.98 Å². The van der Waals surface area contributed by atoms with Crippen LogP contribution in [0.5, 0.6) is 0 Å². The Kier molecular flexibility index (Phi) is 4.28. The molecule has 1 aromatic heterocycles. The molecule has 2 aromatic rings. The van der Waals surface area contributed by atoms with Crippen molar-refractivity contribution in [1.29, 1.82) is 0 Å². The maximum absolute atomic E-state index is 13.3. The third-order valence-electron chi connectivity index (χ3n) is 5.02. The summed E-state index contributed by atoms with van der Waals surface area (Å²) >= 11 is 6.17. The largest absolute Gasteiger partial charge is 0.347 e. The number of H-pyrrole nitrogens is 1. The van der Waals surface area contributed by atoms with E-state index in [1.807, 2.05) is 6.92 Å². The van der Waals surface area contributed by atoms with Gasteiger partial charge in [-0.05, 0) is 51.3 Å². The monoisotopic (exact) mass is 389 g/mol. The van der Waals surface area contributed by atoms with Gasteiger partial charge in [-0.25, -0.2) is 13.4 Å². The van der Waals surface area contributed by atoms with Crippen LogP contribution in [0.15, 0.2) is 45.2 Å². The maximum Gasteiger partial charge on any atom is 0.192 e. The van der Waals surface area contributed by atoms with Gasteiger partial charge in [0.15, 0.2) is 15.7 Å². The molecule has 1 aliphatic heterocycles. The average Bonchev–Trinajstić information content (AvgIpc) is 2.91. The number of hydrogen-bond acceptors (Lipinski definition) is 3. The Morgan fingerprint density at radius 1 is 1.19 bits per heavy atom. The minimum absolute atomic E-state index is 0.272. The van der Waals surface area contributed by atoms with E-state index in [0.717, 1.165) is 18.4 Å². The predicted octanol–water partition coefficient (Wildman–Crippen LogP) is 4.27. The Bertz CT molecular complexity index is 1020.